The largest absolute Gasteiger partial charge is 0.465 e. The summed E-state index contributed by atoms with van der Waals surface area (Å²) in [6.45, 7) is 0.211. The number of fused-ring (bicyclic) bond motifs is 1. The van der Waals surface area contributed by atoms with E-state index in [2.05, 4.69) is 11.1 Å². The third-order valence-electron chi connectivity index (χ3n) is 3.59. The van der Waals surface area contributed by atoms with Crippen LogP contribution >= 0.6 is 0 Å². The molecule has 1 aromatic heterocycles. The lowest BCUT2D eigenvalue weighted by Gasteiger charge is -2.21. The number of aromatic nitrogens is 1. The number of anilines is 1. The van der Waals surface area contributed by atoms with E-state index in [9.17, 15) is 15.2 Å². The lowest BCUT2D eigenvalue weighted by Crippen LogP contribution is -2.28. The van der Waals surface area contributed by atoms with Gasteiger partial charge in [0.1, 0.15) is 6.07 Å². The third kappa shape index (κ3) is 2.83. The minimum atomic E-state index is -1.07. The standard InChI is InChI=1S/C18H13N3O2/c19-9-15-11-20-10-14-7-4-8-16(17(14)15)21(18(22)23)12-13-5-2-1-3-6-13/h1-8,10-11H,12H2,(H,22,23). The van der Waals surface area contributed by atoms with E-state index in [-0.39, 0.29) is 6.54 Å². The molecule has 1 heterocycles. The Bertz CT molecular complexity index is 896. The molecular formula is C18H13N3O2. The second-order valence-electron chi connectivity index (χ2n) is 5.03. The van der Waals surface area contributed by atoms with Gasteiger partial charge in [-0.3, -0.25) is 9.88 Å². The molecule has 5 heteroatoms. The van der Waals surface area contributed by atoms with Crippen LogP contribution in [-0.2, 0) is 6.54 Å². The summed E-state index contributed by atoms with van der Waals surface area (Å²) in [6.07, 6.45) is 2.01. The van der Waals surface area contributed by atoms with Gasteiger partial charge in [-0.2, -0.15) is 5.26 Å². The van der Waals surface area contributed by atoms with Crippen LogP contribution in [0, 0.1) is 11.3 Å². The van der Waals surface area contributed by atoms with Gasteiger partial charge >= 0.3 is 6.09 Å². The molecule has 0 spiro atoms. The van der Waals surface area contributed by atoms with Gasteiger partial charge in [-0.05, 0) is 11.6 Å². The summed E-state index contributed by atoms with van der Waals surface area (Å²) in [7, 11) is 0. The molecule has 0 aliphatic heterocycles. The maximum atomic E-state index is 11.8. The van der Waals surface area contributed by atoms with Gasteiger partial charge < -0.3 is 5.11 Å². The monoisotopic (exact) mass is 303 g/mol. The van der Waals surface area contributed by atoms with Crippen molar-refractivity contribution >= 4 is 22.6 Å². The Balaban J connectivity index is 2.16. The van der Waals surface area contributed by atoms with Crippen molar-refractivity contribution in [2.45, 2.75) is 6.54 Å². The first-order valence-corrected chi connectivity index (χ1v) is 7.02. The summed E-state index contributed by atoms with van der Waals surface area (Å²) in [5, 5.41) is 20.3. The minimum Gasteiger partial charge on any atom is -0.465 e. The summed E-state index contributed by atoms with van der Waals surface area (Å²) >= 11 is 0. The molecule has 1 amide bonds. The highest BCUT2D eigenvalue weighted by molar-refractivity contribution is 6.03. The molecule has 0 aliphatic carbocycles. The predicted molar refractivity (Wildman–Crippen MR) is 87.1 cm³/mol. The molecule has 0 atom stereocenters. The van der Waals surface area contributed by atoms with Crippen LogP contribution in [-0.4, -0.2) is 16.2 Å². The SMILES string of the molecule is N#Cc1cncc2cccc(N(Cc3ccccc3)C(=O)O)c12. The molecule has 0 bridgehead atoms. The topological polar surface area (TPSA) is 77.2 Å². The average Bonchev–Trinajstić information content (AvgIpc) is 2.59. The fourth-order valence-electron chi connectivity index (χ4n) is 2.55. The van der Waals surface area contributed by atoms with Gasteiger partial charge in [0.2, 0.25) is 0 Å². The van der Waals surface area contributed by atoms with Crippen LogP contribution in [0.4, 0.5) is 10.5 Å². The number of hydrogen-bond acceptors (Lipinski definition) is 3. The maximum Gasteiger partial charge on any atom is 0.412 e. The maximum absolute atomic E-state index is 11.8. The molecule has 0 aliphatic rings. The summed E-state index contributed by atoms with van der Waals surface area (Å²) in [4.78, 5) is 17.0. The smallest absolute Gasteiger partial charge is 0.412 e. The quantitative estimate of drug-likeness (QED) is 0.798. The number of pyridine rings is 1. The predicted octanol–water partition coefficient (Wildman–Crippen LogP) is 3.79. The Morgan fingerprint density at radius 1 is 1.13 bits per heavy atom. The highest BCUT2D eigenvalue weighted by atomic mass is 16.4. The molecule has 2 aromatic carbocycles. The van der Waals surface area contributed by atoms with Gasteiger partial charge in [0.05, 0.1) is 17.8 Å². The Hall–Kier alpha value is -3.39. The fraction of sp³-hybridized carbons (Fsp3) is 0.0556. The number of nitrogens with zero attached hydrogens (tertiary/aromatic N) is 3. The first kappa shape index (κ1) is 14.5. The van der Waals surface area contributed by atoms with Crippen molar-refractivity contribution in [1.82, 2.24) is 4.98 Å². The summed E-state index contributed by atoms with van der Waals surface area (Å²) in [5.41, 5.74) is 1.72. The summed E-state index contributed by atoms with van der Waals surface area (Å²) in [6, 6.07) is 16.7. The first-order chi connectivity index (χ1) is 11.2. The minimum absolute atomic E-state index is 0.211. The highest BCUT2D eigenvalue weighted by Gasteiger charge is 2.19. The zero-order valence-corrected chi connectivity index (χ0v) is 12.2. The number of carboxylic acid groups (broad SMARTS) is 1. The molecule has 0 saturated carbocycles. The zero-order valence-electron chi connectivity index (χ0n) is 12.2. The van der Waals surface area contributed by atoms with Crippen LogP contribution in [0.3, 0.4) is 0 Å². The van der Waals surface area contributed by atoms with Gasteiger partial charge in [0, 0.05) is 23.2 Å². The zero-order chi connectivity index (χ0) is 16.2. The van der Waals surface area contributed by atoms with Crippen molar-refractivity contribution in [1.29, 1.82) is 5.26 Å². The van der Waals surface area contributed by atoms with Gasteiger partial charge in [0.15, 0.2) is 0 Å². The molecule has 112 valence electrons. The van der Waals surface area contributed by atoms with Gasteiger partial charge in [0.25, 0.3) is 0 Å². The lowest BCUT2D eigenvalue weighted by molar-refractivity contribution is 0.201. The summed E-state index contributed by atoms with van der Waals surface area (Å²) < 4.78 is 0. The van der Waals surface area contributed by atoms with Gasteiger partial charge in [-0.25, -0.2) is 4.79 Å². The van der Waals surface area contributed by atoms with Crippen molar-refractivity contribution < 1.29 is 9.90 Å². The molecule has 3 rings (SSSR count). The molecule has 5 nitrogen and oxygen atoms in total. The number of amides is 1. The Morgan fingerprint density at radius 3 is 2.61 bits per heavy atom. The highest BCUT2D eigenvalue weighted by Crippen LogP contribution is 2.30. The average molecular weight is 303 g/mol. The van der Waals surface area contributed by atoms with E-state index < -0.39 is 6.09 Å². The number of nitriles is 1. The van der Waals surface area contributed by atoms with E-state index in [1.165, 1.54) is 11.1 Å². The molecule has 0 unspecified atom stereocenters. The molecule has 3 aromatic rings. The van der Waals surface area contributed by atoms with Crippen molar-refractivity contribution in [3.05, 3.63) is 72.1 Å². The number of hydrogen-bond donors (Lipinski definition) is 1. The molecule has 1 N–H and O–H groups in total. The first-order valence-electron chi connectivity index (χ1n) is 7.02. The number of rotatable bonds is 3. The Labute approximate surface area is 133 Å². The summed E-state index contributed by atoms with van der Waals surface area (Å²) in [5.74, 6) is 0. The van der Waals surface area contributed by atoms with Crippen molar-refractivity contribution in [2.75, 3.05) is 4.90 Å². The van der Waals surface area contributed by atoms with Crippen LogP contribution in [0.1, 0.15) is 11.1 Å². The van der Waals surface area contributed by atoms with Crippen molar-refractivity contribution in [3.63, 3.8) is 0 Å². The Kier molecular flexibility index (Phi) is 3.89. The molecule has 0 fully saturated rings. The van der Waals surface area contributed by atoms with Gasteiger partial charge in [-0.1, -0.05) is 42.5 Å². The molecule has 0 saturated heterocycles. The van der Waals surface area contributed by atoms with E-state index in [4.69, 9.17) is 0 Å². The van der Waals surface area contributed by atoms with E-state index in [0.29, 0.717) is 16.6 Å². The van der Waals surface area contributed by atoms with Crippen LogP contribution < -0.4 is 4.90 Å². The third-order valence-corrected chi connectivity index (χ3v) is 3.59. The van der Waals surface area contributed by atoms with Crippen LogP contribution in [0.15, 0.2) is 60.9 Å². The van der Waals surface area contributed by atoms with E-state index in [0.717, 1.165) is 10.9 Å². The van der Waals surface area contributed by atoms with E-state index >= 15 is 0 Å². The van der Waals surface area contributed by atoms with Crippen LogP contribution in [0.5, 0.6) is 0 Å². The lowest BCUT2D eigenvalue weighted by atomic mass is 10.1. The fourth-order valence-corrected chi connectivity index (χ4v) is 2.55. The van der Waals surface area contributed by atoms with E-state index in [1.54, 1.807) is 18.3 Å². The Morgan fingerprint density at radius 2 is 1.91 bits per heavy atom. The normalized spacial score (nSPS) is 10.2. The van der Waals surface area contributed by atoms with E-state index in [1.807, 2.05) is 36.4 Å². The van der Waals surface area contributed by atoms with Gasteiger partial charge in [-0.15, -0.1) is 0 Å². The van der Waals surface area contributed by atoms with Crippen LogP contribution in [0.25, 0.3) is 10.8 Å². The second kappa shape index (κ2) is 6.16. The molecule has 23 heavy (non-hydrogen) atoms. The van der Waals surface area contributed by atoms with Crippen LogP contribution in [0.2, 0.25) is 0 Å². The van der Waals surface area contributed by atoms with Crippen molar-refractivity contribution in [3.8, 4) is 6.07 Å². The molecular weight excluding hydrogens is 290 g/mol. The number of carbonyl (C=O) groups is 1. The van der Waals surface area contributed by atoms with Crippen molar-refractivity contribution in [2.24, 2.45) is 0 Å². The second-order valence-corrected chi connectivity index (χ2v) is 5.03. The number of benzene rings is 2. The molecule has 0 radical (unpaired) electrons.